The lowest BCUT2D eigenvalue weighted by molar-refractivity contribution is 0.259. The molecule has 0 spiro atoms. The van der Waals surface area contributed by atoms with Gasteiger partial charge in [0.1, 0.15) is 11.5 Å². The molecule has 0 saturated heterocycles. The van der Waals surface area contributed by atoms with Crippen molar-refractivity contribution in [2.45, 2.75) is 20.1 Å². The fraction of sp³-hybridized carbons (Fsp3) is 0.214. The van der Waals surface area contributed by atoms with Gasteiger partial charge in [-0.3, -0.25) is 0 Å². The molecule has 1 N–H and O–H groups in total. The van der Waals surface area contributed by atoms with Crippen molar-refractivity contribution in [3.05, 3.63) is 53.9 Å². The van der Waals surface area contributed by atoms with Crippen molar-refractivity contribution in [1.29, 1.82) is 0 Å². The van der Waals surface area contributed by atoms with E-state index in [1.807, 2.05) is 37.3 Å². The van der Waals surface area contributed by atoms with E-state index in [4.69, 9.17) is 13.7 Å². The number of hydrogen-bond donors (Lipinski definition) is 1. The highest BCUT2D eigenvalue weighted by molar-refractivity contribution is 5.33. The van der Waals surface area contributed by atoms with Gasteiger partial charge in [-0.15, -0.1) is 10.2 Å². The van der Waals surface area contributed by atoms with Crippen LogP contribution in [0.2, 0.25) is 0 Å². The van der Waals surface area contributed by atoms with Gasteiger partial charge in [0.05, 0.1) is 6.54 Å². The summed E-state index contributed by atoms with van der Waals surface area (Å²) < 4.78 is 15.9. The molecular formula is C14H14N4O3. The summed E-state index contributed by atoms with van der Waals surface area (Å²) in [5, 5.41) is 14.7. The molecule has 0 aliphatic rings. The molecule has 0 unspecified atom stereocenters. The number of nitrogens with zero attached hydrogens (tertiary/aromatic N) is 3. The average molecular weight is 286 g/mol. The molecule has 0 atom stereocenters. The van der Waals surface area contributed by atoms with E-state index in [0.717, 1.165) is 11.5 Å². The lowest BCUT2D eigenvalue weighted by atomic mass is 10.3. The maximum Gasteiger partial charge on any atom is 0.253 e. The van der Waals surface area contributed by atoms with Crippen LogP contribution in [0.1, 0.15) is 17.5 Å². The molecule has 0 aliphatic heterocycles. The van der Waals surface area contributed by atoms with E-state index in [1.165, 1.54) is 0 Å². The van der Waals surface area contributed by atoms with E-state index < -0.39 is 0 Å². The molecule has 2 aromatic heterocycles. The van der Waals surface area contributed by atoms with Gasteiger partial charge in [-0.2, -0.15) is 0 Å². The van der Waals surface area contributed by atoms with Crippen LogP contribution >= 0.6 is 0 Å². The summed E-state index contributed by atoms with van der Waals surface area (Å²) >= 11 is 0. The standard InChI is InChI=1S/C14H14N4O3/c1-10-7-12(18-21-10)15-8-13-16-17-14(20-13)9-19-11-5-3-2-4-6-11/h2-7H,8-9H2,1H3,(H,15,18). The van der Waals surface area contributed by atoms with Gasteiger partial charge in [0.15, 0.2) is 12.4 Å². The molecule has 0 amide bonds. The number of aryl methyl sites for hydroxylation is 1. The van der Waals surface area contributed by atoms with Crippen LogP contribution in [0.5, 0.6) is 5.75 Å². The van der Waals surface area contributed by atoms with Crippen molar-refractivity contribution in [2.24, 2.45) is 0 Å². The molecule has 7 heteroatoms. The number of benzene rings is 1. The van der Waals surface area contributed by atoms with Crippen molar-refractivity contribution in [1.82, 2.24) is 15.4 Å². The summed E-state index contributed by atoms with van der Waals surface area (Å²) in [4.78, 5) is 0. The van der Waals surface area contributed by atoms with E-state index in [2.05, 4.69) is 20.7 Å². The largest absolute Gasteiger partial charge is 0.484 e. The first-order valence-electron chi connectivity index (χ1n) is 6.46. The normalized spacial score (nSPS) is 10.5. The van der Waals surface area contributed by atoms with Crippen molar-refractivity contribution in [2.75, 3.05) is 5.32 Å². The lowest BCUT2D eigenvalue weighted by Crippen LogP contribution is -1.99. The zero-order valence-corrected chi connectivity index (χ0v) is 11.4. The monoisotopic (exact) mass is 286 g/mol. The number of hydrogen-bond acceptors (Lipinski definition) is 7. The second-order valence-corrected chi connectivity index (χ2v) is 4.37. The van der Waals surface area contributed by atoms with Crippen molar-refractivity contribution >= 4 is 5.82 Å². The zero-order valence-electron chi connectivity index (χ0n) is 11.4. The molecule has 7 nitrogen and oxygen atoms in total. The first-order valence-corrected chi connectivity index (χ1v) is 6.46. The van der Waals surface area contributed by atoms with Crippen LogP contribution in [0.25, 0.3) is 0 Å². The van der Waals surface area contributed by atoms with Crippen molar-refractivity contribution < 1.29 is 13.7 Å². The lowest BCUT2D eigenvalue weighted by Gasteiger charge is -2.01. The van der Waals surface area contributed by atoms with Gasteiger partial charge in [0.2, 0.25) is 5.89 Å². The Morgan fingerprint density at radius 1 is 1.14 bits per heavy atom. The highest BCUT2D eigenvalue weighted by Crippen LogP contribution is 2.12. The maximum atomic E-state index is 5.53. The second kappa shape index (κ2) is 6.08. The molecule has 0 fully saturated rings. The van der Waals surface area contributed by atoms with Gasteiger partial charge in [-0.25, -0.2) is 0 Å². The van der Waals surface area contributed by atoms with E-state index in [9.17, 15) is 0 Å². The minimum Gasteiger partial charge on any atom is -0.484 e. The van der Waals surface area contributed by atoms with Crippen LogP contribution in [-0.4, -0.2) is 15.4 Å². The first kappa shape index (κ1) is 13.2. The Hall–Kier alpha value is -2.83. The summed E-state index contributed by atoms with van der Waals surface area (Å²) in [6.45, 7) is 2.44. The predicted octanol–water partition coefficient (Wildman–Crippen LogP) is 2.56. The number of ether oxygens (including phenoxy) is 1. The SMILES string of the molecule is Cc1cc(NCc2nnc(COc3ccccc3)o2)no1. The van der Waals surface area contributed by atoms with Crippen LogP contribution < -0.4 is 10.1 Å². The third-order valence-corrected chi connectivity index (χ3v) is 2.66. The summed E-state index contributed by atoms with van der Waals surface area (Å²) in [6, 6.07) is 11.2. The average Bonchev–Trinajstić information content (AvgIpc) is 3.13. The van der Waals surface area contributed by atoms with E-state index >= 15 is 0 Å². The van der Waals surface area contributed by atoms with Gasteiger partial charge in [-0.05, 0) is 19.1 Å². The van der Waals surface area contributed by atoms with Crippen molar-refractivity contribution in [3.8, 4) is 5.75 Å². The van der Waals surface area contributed by atoms with Crippen molar-refractivity contribution in [3.63, 3.8) is 0 Å². The molecular weight excluding hydrogens is 272 g/mol. The number of aromatic nitrogens is 3. The maximum absolute atomic E-state index is 5.53. The molecule has 0 bridgehead atoms. The minimum atomic E-state index is 0.236. The molecule has 1 aromatic carbocycles. The molecule has 108 valence electrons. The highest BCUT2D eigenvalue weighted by Gasteiger charge is 2.08. The van der Waals surface area contributed by atoms with Crippen LogP contribution in [0.15, 0.2) is 45.3 Å². The van der Waals surface area contributed by atoms with Gasteiger partial charge in [0, 0.05) is 6.07 Å². The Kier molecular flexibility index (Phi) is 3.81. The number of rotatable bonds is 6. The summed E-state index contributed by atoms with van der Waals surface area (Å²) in [5.74, 6) is 3.01. The molecule has 0 radical (unpaired) electrons. The Morgan fingerprint density at radius 2 is 1.95 bits per heavy atom. The molecule has 3 rings (SSSR count). The summed E-state index contributed by atoms with van der Waals surface area (Å²) in [5.41, 5.74) is 0. The zero-order chi connectivity index (χ0) is 14.5. The van der Waals surface area contributed by atoms with Gasteiger partial charge in [0.25, 0.3) is 5.89 Å². The smallest absolute Gasteiger partial charge is 0.253 e. The van der Waals surface area contributed by atoms with Gasteiger partial charge in [-0.1, -0.05) is 23.4 Å². The molecule has 0 saturated carbocycles. The third-order valence-electron chi connectivity index (χ3n) is 2.66. The Labute approximate surface area is 120 Å². The van der Waals surface area contributed by atoms with Gasteiger partial charge >= 0.3 is 0 Å². The third kappa shape index (κ3) is 3.59. The molecule has 21 heavy (non-hydrogen) atoms. The van der Waals surface area contributed by atoms with E-state index in [-0.39, 0.29) is 6.61 Å². The Bertz CT molecular complexity index is 693. The minimum absolute atomic E-state index is 0.236. The van der Waals surface area contributed by atoms with E-state index in [0.29, 0.717) is 24.1 Å². The fourth-order valence-corrected chi connectivity index (χ4v) is 1.70. The topological polar surface area (TPSA) is 86.2 Å². The molecule has 3 aromatic rings. The van der Waals surface area contributed by atoms with Crippen LogP contribution in [0.4, 0.5) is 5.82 Å². The van der Waals surface area contributed by atoms with Crippen LogP contribution in [0, 0.1) is 6.92 Å². The summed E-state index contributed by atoms with van der Waals surface area (Å²) in [7, 11) is 0. The molecule has 2 heterocycles. The van der Waals surface area contributed by atoms with Crippen LogP contribution in [-0.2, 0) is 13.2 Å². The number of para-hydroxylation sites is 1. The van der Waals surface area contributed by atoms with Crippen LogP contribution in [0.3, 0.4) is 0 Å². The van der Waals surface area contributed by atoms with Gasteiger partial charge < -0.3 is 19.0 Å². The quantitative estimate of drug-likeness (QED) is 0.745. The Morgan fingerprint density at radius 3 is 2.71 bits per heavy atom. The number of nitrogens with one attached hydrogen (secondary N) is 1. The summed E-state index contributed by atoms with van der Waals surface area (Å²) in [6.07, 6.45) is 0. The number of anilines is 1. The highest BCUT2D eigenvalue weighted by atomic mass is 16.5. The van der Waals surface area contributed by atoms with E-state index in [1.54, 1.807) is 6.07 Å². The second-order valence-electron chi connectivity index (χ2n) is 4.37. The fourth-order valence-electron chi connectivity index (χ4n) is 1.70. The molecule has 0 aliphatic carbocycles. The first-order chi connectivity index (χ1) is 10.3. The predicted molar refractivity (Wildman–Crippen MR) is 73.6 cm³/mol. The Balaban J connectivity index is 1.51.